The van der Waals surface area contributed by atoms with Crippen LogP contribution in [0.2, 0.25) is 0 Å². The quantitative estimate of drug-likeness (QED) is 0.364. The summed E-state index contributed by atoms with van der Waals surface area (Å²) < 4.78 is 26.9. The molecule has 7 rings (SSSR count). The van der Waals surface area contributed by atoms with Crippen LogP contribution in [0.15, 0.2) is 63.8 Å². The van der Waals surface area contributed by atoms with E-state index in [1.165, 1.54) is 12.1 Å². The molecule has 2 aliphatic heterocycles. The topological polar surface area (TPSA) is 132 Å². The van der Waals surface area contributed by atoms with Crippen molar-refractivity contribution < 1.29 is 23.4 Å². The van der Waals surface area contributed by atoms with E-state index < -0.39 is 6.09 Å². The number of rotatable bonds is 7. The molecular formula is C28H26FN5O5. The van der Waals surface area contributed by atoms with Gasteiger partial charge >= 0.3 is 6.09 Å². The lowest BCUT2D eigenvalue weighted by molar-refractivity contribution is 0.177. The van der Waals surface area contributed by atoms with Gasteiger partial charge in [0.25, 0.3) is 11.4 Å². The monoisotopic (exact) mass is 531 g/mol. The first kappa shape index (κ1) is 24.8. The van der Waals surface area contributed by atoms with E-state index in [2.05, 4.69) is 15.5 Å². The Morgan fingerprint density at radius 3 is 2.67 bits per heavy atom. The lowest BCUT2D eigenvalue weighted by Crippen LogP contribution is -2.42. The zero-order valence-electron chi connectivity index (χ0n) is 20.9. The number of nitrogens with zero attached hydrogens (tertiary/aromatic N) is 4. The van der Waals surface area contributed by atoms with Gasteiger partial charge in [0.15, 0.2) is 5.69 Å². The molecule has 1 fully saturated rings. The third-order valence-electron chi connectivity index (χ3n) is 7.36. The van der Waals surface area contributed by atoms with Gasteiger partial charge in [0.2, 0.25) is 11.6 Å². The summed E-state index contributed by atoms with van der Waals surface area (Å²) in [5, 5.41) is 20.3. The van der Waals surface area contributed by atoms with Gasteiger partial charge < -0.3 is 19.6 Å². The summed E-state index contributed by atoms with van der Waals surface area (Å²) in [6, 6.07) is 15.1. The lowest BCUT2D eigenvalue weighted by Gasteiger charge is -2.31. The van der Waals surface area contributed by atoms with E-state index in [0.717, 1.165) is 17.5 Å². The van der Waals surface area contributed by atoms with Crippen LogP contribution in [0.4, 0.5) is 9.18 Å². The van der Waals surface area contributed by atoms with Crippen molar-refractivity contribution >= 4 is 6.09 Å². The van der Waals surface area contributed by atoms with Crippen molar-refractivity contribution in [3.63, 3.8) is 0 Å². The Balaban J connectivity index is 1.41. The molecule has 3 atom stereocenters. The molecule has 0 spiro atoms. The summed E-state index contributed by atoms with van der Waals surface area (Å²) in [7, 11) is 0. The van der Waals surface area contributed by atoms with E-state index in [4.69, 9.17) is 14.1 Å². The maximum atomic E-state index is 13.9. The highest BCUT2D eigenvalue weighted by Crippen LogP contribution is 2.41. The van der Waals surface area contributed by atoms with Crippen molar-refractivity contribution in [3.05, 3.63) is 93.6 Å². The predicted octanol–water partition coefficient (Wildman–Crippen LogP) is 4.14. The SMILES string of the molecule is O=C(O)NC1CC2CCC1c1nc(-c3nnc(Cc4ccc(F)cc4)o3)c(OCc3ccccc3)c(=O)n1C2. The molecule has 4 aromatic rings. The van der Waals surface area contributed by atoms with Crippen molar-refractivity contribution in [1.82, 2.24) is 25.1 Å². The molecule has 0 radical (unpaired) electrons. The minimum atomic E-state index is -1.10. The van der Waals surface area contributed by atoms with Crippen LogP contribution >= 0.6 is 0 Å². The molecule has 10 nitrogen and oxygen atoms in total. The van der Waals surface area contributed by atoms with Gasteiger partial charge in [-0.1, -0.05) is 42.5 Å². The van der Waals surface area contributed by atoms with Gasteiger partial charge in [0.1, 0.15) is 18.2 Å². The molecule has 39 heavy (non-hydrogen) atoms. The smallest absolute Gasteiger partial charge is 0.404 e. The number of halogens is 1. The Hall–Kier alpha value is -4.54. The highest BCUT2D eigenvalue weighted by molar-refractivity contribution is 5.65. The van der Waals surface area contributed by atoms with Crippen LogP contribution in [0.5, 0.6) is 5.75 Å². The number of hydrogen-bond acceptors (Lipinski definition) is 7. The van der Waals surface area contributed by atoms with E-state index >= 15 is 0 Å². The first-order valence-electron chi connectivity index (χ1n) is 12.8. The number of hydrogen-bond donors (Lipinski definition) is 2. The average Bonchev–Trinajstić information content (AvgIpc) is 3.25. The second-order valence-electron chi connectivity index (χ2n) is 9.98. The predicted molar refractivity (Wildman–Crippen MR) is 137 cm³/mol. The van der Waals surface area contributed by atoms with Gasteiger partial charge in [-0.2, -0.15) is 0 Å². The normalized spacial score (nSPS) is 19.8. The van der Waals surface area contributed by atoms with E-state index in [0.29, 0.717) is 25.2 Å². The summed E-state index contributed by atoms with van der Waals surface area (Å²) >= 11 is 0. The van der Waals surface area contributed by atoms with Gasteiger partial charge in [0, 0.05) is 18.5 Å². The molecule has 11 heteroatoms. The van der Waals surface area contributed by atoms with Crippen LogP contribution in [0.3, 0.4) is 0 Å². The maximum Gasteiger partial charge on any atom is 0.404 e. The van der Waals surface area contributed by atoms with Crippen molar-refractivity contribution in [2.24, 2.45) is 5.92 Å². The number of aromatic nitrogens is 4. The maximum absolute atomic E-state index is 13.9. The highest BCUT2D eigenvalue weighted by Gasteiger charge is 2.40. The molecule has 2 aromatic heterocycles. The second-order valence-corrected chi connectivity index (χ2v) is 9.98. The molecule has 1 amide bonds. The fourth-order valence-corrected chi connectivity index (χ4v) is 5.52. The van der Waals surface area contributed by atoms with Crippen LogP contribution in [-0.2, 0) is 19.6 Å². The molecule has 2 N–H and O–H groups in total. The van der Waals surface area contributed by atoms with Crippen molar-refractivity contribution in [2.45, 2.75) is 50.8 Å². The molecule has 0 saturated heterocycles. The minimum Gasteiger partial charge on any atom is -0.481 e. The Bertz CT molecular complexity index is 1550. The Kier molecular flexibility index (Phi) is 6.55. The Labute approximate surface area is 222 Å². The highest BCUT2D eigenvalue weighted by atomic mass is 19.1. The summed E-state index contributed by atoms with van der Waals surface area (Å²) in [5.41, 5.74) is 1.41. The minimum absolute atomic E-state index is 0.00336. The van der Waals surface area contributed by atoms with Gasteiger partial charge in [-0.05, 0) is 48.4 Å². The van der Waals surface area contributed by atoms with Crippen LogP contribution in [0, 0.1) is 11.7 Å². The van der Waals surface area contributed by atoms with Crippen LogP contribution in [-0.4, -0.2) is 37.0 Å². The molecular weight excluding hydrogens is 505 g/mol. The van der Waals surface area contributed by atoms with Crippen molar-refractivity contribution in [1.29, 1.82) is 0 Å². The fourth-order valence-electron chi connectivity index (χ4n) is 5.52. The lowest BCUT2D eigenvalue weighted by atomic mass is 9.79. The summed E-state index contributed by atoms with van der Waals surface area (Å²) in [6.07, 6.45) is 1.35. The third-order valence-corrected chi connectivity index (χ3v) is 7.36. The van der Waals surface area contributed by atoms with Crippen LogP contribution in [0.25, 0.3) is 11.6 Å². The van der Waals surface area contributed by atoms with Crippen molar-refractivity contribution in [3.8, 4) is 17.3 Å². The zero-order valence-corrected chi connectivity index (χ0v) is 20.9. The molecule has 1 saturated carbocycles. The Morgan fingerprint density at radius 1 is 1.10 bits per heavy atom. The van der Waals surface area contributed by atoms with Gasteiger partial charge in [-0.15, -0.1) is 10.2 Å². The van der Waals surface area contributed by atoms with E-state index in [9.17, 15) is 19.1 Å². The largest absolute Gasteiger partial charge is 0.481 e. The standard InChI is InChI=1S/C28H26FN5O5/c29-19-9-6-16(7-10-19)13-22-32-33-26(39-22)23-24(38-15-17-4-2-1-3-5-17)27(35)34-14-18-8-11-20(25(34)31-23)21(12-18)30-28(36)37/h1-7,9-10,18,20-21,30H,8,11-15H2,(H,36,37). The Morgan fingerprint density at radius 2 is 1.90 bits per heavy atom. The van der Waals surface area contributed by atoms with Gasteiger partial charge in [-0.25, -0.2) is 14.2 Å². The van der Waals surface area contributed by atoms with Crippen LogP contribution in [0.1, 0.15) is 48.0 Å². The van der Waals surface area contributed by atoms with E-state index in [-0.39, 0.29) is 65.5 Å². The van der Waals surface area contributed by atoms with Gasteiger partial charge in [0.05, 0.1) is 6.42 Å². The molecule has 4 heterocycles. The molecule has 2 bridgehead atoms. The second kappa shape index (κ2) is 10.3. The number of carbonyl (C=O) groups is 1. The number of amides is 1. The third kappa shape index (κ3) is 5.12. The number of fused-ring (bicyclic) bond motifs is 2. The number of carboxylic acid groups (broad SMARTS) is 1. The first-order valence-corrected chi connectivity index (χ1v) is 12.8. The molecule has 2 aromatic carbocycles. The first-order chi connectivity index (χ1) is 18.9. The number of benzene rings is 2. The molecule has 1 aliphatic carbocycles. The van der Waals surface area contributed by atoms with Crippen LogP contribution < -0.4 is 15.6 Å². The summed E-state index contributed by atoms with van der Waals surface area (Å²) in [6.45, 7) is 0.563. The average molecular weight is 532 g/mol. The molecule has 3 unspecified atom stereocenters. The molecule has 200 valence electrons. The number of nitrogens with one attached hydrogen (secondary N) is 1. The fraction of sp³-hybridized carbons (Fsp3) is 0.321. The molecule has 3 aliphatic rings. The van der Waals surface area contributed by atoms with Crippen molar-refractivity contribution in [2.75, 3.05) is 0 Å². The van der Waals surface area contributed by atoms with E-state index in [1.807, 2.05) is 30.3 Å². The number of ether oxygens (including phenoxy) is 1. The van der Waals surface area contributed by atoms with E-state index in [1.54, 1.807) is 16.7 Å². The summed E-state index contributed by atoms with van der Waals surface area (Å²) in [5.74, 6) is 0.298. The van der Waals surface area contributed by atoms with Gasteiger partial charge in [-0.3, -0.25) is 9.36 Å². The summed E-state index contributed by atoms with van der Waals surface area (Å²) in [4.78, 5) is 30.2. The zero-order chi connectivity index (χ0) is 26.9.